The van der Waals surface area contributed by atoms with Crippen LogP contribution in [-0.2, 0) is 14.8 Å². The van der Waals surface area contributed by atoms with E-state index in [1.807, 2.05) is 13.8 Å². The standard InChI is InChI=1S/C20H30N2O3S/c1-4-22(5-2)26(24,25)18-13-10-17(11-14-18)12-15-20(23)21-19-9-7-6-8-16(19)3/h10-16,19H,4-9H2,1-3H3,(H,21,23)/b15-12+/t16-,19-/m1/s1. The molecule has 1 amide bonds. The van der Waals surface area contributed by atoms with Gasteiger partial charge < -0.3 is 5.32 Å². The minimum atomic E-state index is -3.44. The fourth-order valence-electron chi connectivity index (χ4n) is 3.40. The summed E-state index contributed by atoms with van der Waals surface area (Å²) in [6.45, 7) is 6.72. The van der Waals surface area contributed by atoms with Gasteiger partial charge in [-0.1, -0.05) is 45.7 Å². The molecule has 2 rings (SSSR count). The van der Waals surface area contributed by atoms with Gasteiger partial charge in [-0.25, -0.2) is 8.42 Å². The van der Waals surface area contributed by atoms with Gasteiger partial charge in [0.2, 0.25) is 15.9 Å². The fourth-order valence-corrected chi connectivity index (χ4v) is 4.85. The third-order valence-corrected chi connectivity index (χ3v) is 7.15. The van der Waals surface area contributed by atoms with E-state index in [0.717, 1.165) is 18.4 Å². The number of hydrogen-bond acceptors (Lipinski definition) is 3. The van der Waals surface area contributed by atoms with Gasteiger partial charge in [0, 0.05) is 25.2 Å². The van der Waals surface area contributed by atoms with Gasteiger partial charge in [0.05, 0.1) is 4.90 Å². The summed E-state index contributed by atoms with van der Waals surface area (Å²) in [5.41, 5.74) is 0.801. The Morgan fingerprint density at radius 2 is 1.77 bits per heavy atom. The second-order valence-electron chi connectivity index (χ2n) is 6.87. The van der Waals surface area contributed by atoms with Gasteiger partial charge in [-0.3, -0.25) is 4.79 Å². The van der Waals surface area contributed by atoms with E-state index in [2.05, 4.69) is 12.2 Å². The zero-order valence-corrected chi connectivity index (χ0v) is 16.8. The van der Waals surface area contributed by atoms with E-state index in [1.54, 1.807) is 30.3 Å². The lowest BCUT2D eigenvalue weighted by molar-refractivity contribution is -0.117. The normalized spacial score (nSPS) is 21.2. The maximum Gasteiger partial charge on any atom is 0.244 e. The van der Waals surface area contributed by atoms with Crippen LogP contribution in [-0.4, -0.2) is 37.8 Å². The molecule has 0 aliphatic heterocycles. The molecule has 0 heterocycles. The van der Waals surface area contributed by atoms with Gasteiger partial charge in [-0.15, -0.1) is 0 Å². The SMILES string of the molecule is CCN(CC)S(=O)(=O)c1ccc(/C=C/C(=O)N[C@@H]2CCCC[C@H]2C)cc1. The molecular weight excluding hydrogens is 348 g/mol. The third kappa shape index (κ3) is 5.17. The molecule has 0 saturated heterocycles. The lowest BCUT2D eigenvalue weighted by Crippen LogP contribution is -2.40. The van der Waals surface area contributed by atoms with Gasteiger partial charge >= 0.3 is 0 Å². The predicted molar refractivity (Wildman–Crippen MR) is 105 cm³/mol. The molecule has 0 spiro atoms. The van der Waals surface area contributed by atoms with Crippen molar-refractivity contribution in [2.45, 2.75) is 57.4 Å². The number of carbonyl (C=O) groups is 1. The number of sulfonamides is 1. The van der Waals surface area contributed by atoms with E-state index >= 15 is 0 Å². The molecule has 5 nitrogen and oxygen atoms in total. The minimum Gasteiger partial charge on any atom is -0.350 e. The van der Waals surface area contributed by atoms with Crippen LogP contribution in [0.5, 0.6) is 0 Å². The van der Waals surface area contributed by atoms with E-state index in [4.69, 9.17) is 0 Å². The first-order chi connectivity index (χ1) is 12.4. The van der Waals surface area contributed by atoms with Crippen molar-refractivity contribution in [2.75, 3.05) is 13.1 Å². The molecule has 0 radical (unpaired) electrons. The van der Waals surface area contributed by atoms with E-state index in [1.165, 1.54) is 23.2 Å². The molecule has 1 N–H and O–H groups in total. The summed E-state index contributed by atoms with van der Waals surface area (Å²) < 4.78 is 26.4. The first-order valence-electron chi connectivity index (χ1n) is 9.47. The zero-order valence-electron chi connectivity index (χ0n) is 15.9. The summed E-state index contributed by atoms with van der Waals surface area (Å²) in [5, 5.41) is 3.08. The molecule has 6 heteroatoms. The Labute approximate surface area is 157 Å². The van der Waals surface area contributed by atoms with Crippen LogP contribution in [0.15, 0.2) is 35.2 Å². The molecule has 144 valence electrons. The van der Waals surface area contributed by atoms with Crippen LogP contribution in [0.1, 0.15) is 52.0 Å². The fraction of sp³-hybridized carbons (Fsp3) is 0.550. The van der Waals surface area contributed by atoms with Crippen molar-refractivity contribution in [1.29, 1.82) is 0 Å². The van der Waals surface area contributed by atoms with Crippen molar-refractivity contribution < 1.29 is 13.2 Å². The molecule has 2 atom stereocenters. The monoisotopic (exact) mass is 378 g/mol. The Morgan fingerprint density at radius 3 is 2.35 bits per heavy atom. The maximum absolute atomic E-state index is 12.5. The number of hydrogen-bond donors (Lipinski definition) is 1. The highest BCUT2D eigenvalue weighted by atomic mass is 32.2. The molecule has 1 aromatic rings. The van der Waals surface area contributed by atoms with Crippen LogP contribution in [0.2, 0.25) is 0 Å². The molecule has 1 aliphatic carbocycles. The minimum absolute atomic E-state index is 0.0939. The van der Waals surface area contributed by atoms with E-state index in [0.29, 0.717) is 19.0 Å². The quantitative estimate of drug-likeness (QED) is 0.739. The van der Waals surface area contributed by atoms with Crippen molar-refractivity contribution in [1.82, 2.24) is 9.62 Å². The highest BCUT2D eigenvalue weighted by Gasteiger charge is 2.22. The molecule has 1 fully saturated rings. The first-order valence-corrected chi connectivity index (χ1v) is 10.9. The van der Waals surface area contributed by atoms with Crippen LogP contribution in [0.4, 0.5) is 0 Å². The van der Waals surface area contributed by atoms with Crippen LogP contribution < -0.4 is 5.32 Å². The molecule has 1 aromatic carbocycles. The van der Waals surface area contributed by atoms with Crippen molar-refractivity contribution in [3.05, 3.63) is 35.9 Å². The average molecular weight is 379 g/mol. The maximum atomic E-state index is 12.5. The summed E-state index contributed by atoms with van der Waals surface area (Å²) in [7, 11) is -3.44. The Kier molecular flexibility index (Phi) is 7.41. The van der Waals surface area contributed by atoms with Crippen molar-refractivity contribution >= 4 is 22.0 Å². The number of amides is 1. The van der Waals surface area contributed by atoms with E-state index in [-0.39, 0.29) is 16.8 Å². The Bertz CT molecular complexity index is 722. The smallest absolute Gasteiger partial charge is 0.244 e. The molecule has 0 aromatic heterocycles. The highest BCUT2D eigenvalue weighted by molar-refractivity contribution is 7.89. The van der Waals surface area contributed by atoms with Crippen molar-refractivity contribution in [3.8, 4) is 0 Å². The Morgan fingerprint density at radius 1 is 1.15 bits per heavy atom. The summed E-state index contributed by atoms with van der Waals surface area (Å²) in [6.07, 6.45) is 7.86. The summed E-state index contributed by atoms with van der Waals surface area (Å²) >= 11 is 0. The summed E-state index contributed by atoms with van der Waals surface area (Å²) in [6, 6.07) is 6.89. The number of carbonyl (C=O) groups excluding carboxylic acids is 1. The van der Waals surface area contributed by atoms with Gasteiger partial charge in [-0.2, -0.15) is 4.31 Å². The third-order valence-electron chi connectivity index (χ3n) is 5.09. The largest absolute Gasteiger partial charge is 0.350 e. The lowest BCUT2D eigenvalue weighted by atomic mass is 9.86. The van der Waals surface area contributed by atoms with Crippen molar-refractivity contribution in [3.63, 3.8) is 0 Å². The van der Waals surface area contributed by atoms with Crippen LogP contribution in [0, 0.1) is 5.92 Å². The molecule has 1 saturated carbocycles. The zero-order chi connectivity index (χ0) is 19.2. The topological polar surface area (TPSA) is 66.5 Å². The van der Waals surface area contributed by atoms with Gasteiger partial charge in [0.15, 0.2) is 0 Å². The van der Waals surface area contributed by atoms with Gasteiger partial charge in [0.1, 0.15) is 0 Å². The van der Waals surface area contributed by atoms with Crippen LogP contribution in [0.25, 0.3) is 6.08 Å². The van der Waals surface area contributed by atoms with Crippen molar-refractivity contribution in [2.24, 2.45) is 5.92 Å². The van der Waals surface area contributed by atoms with Gasteiger partial charge in [-0.05, 0) is 42.5 Å². The average Bonchev–Trinajstić information content (AvgIpc) is 2.63. The molecule has 0 bridgehead atoms. The molecule has 26 heavy (non-hydrogen) atoms. The predicted octanol–water partition coefficient (Wildman–Crippen LogP) is 3.43. The summed E-state index contributed by atoms with van der Waals surface area (Å²) in [5.74, 6) is 0.425. The van der Waals surface area contributed by atoms with Crippen LogP contribution in [0.3, 0.4) is 0 Å². The second-order valence-corrected chi connectivity index (χ2v) is 8.81. The molecule has 1 aliphatic rings. The lowest BCUT2D eigenvalue weighted by Gasteiger charge is -2.29. The Balaban J connectivity index is 2.00. The van der Waals surface area contributed by atoms with Crippen LogP contribution >= 0.6 is 0 Å². The van der Waals surface area contributed by atoms with E-state index < -0.39 is 10.0 Å². The second kappa shape index (κ2) is 9.33. The van der Waals surface area contributed by atoms with E-state index in [9.17, 15) is 13.2 Å². The Hall–Kier alpha value is -1.66. The number of nitrogens with one attached hydrogen (secondary N) is 1. The number of rotatable bonds is 7. The summed E-state index contributed by atoms with van der Waals surface area (Å²) in [4.78, 5) is 12.4. The number of nitrogens with zero attached hydrogens (tertiary/aromatic N) is 1. The van der Waals surface area contributed by atoms with Gasteiger partial charge in [0.25, 0.3) is 0 Å². The molecule has 0 unspecified atom stereocenters. The highest BCUT2D eigenvalue weighted by Crippen LogP contribution is 2.23. The number of benzene rings is 1. The first kappa shape index (κ1) is 20.6. The molecular formula is C20H30N2O3S.